The number of hydrogen-bond acceptors (Lipinski definition) is 3. The Kier molecular flexibility index (Phi) is 4.30. The molecule has 2 aromatic heterocycles. The van der Waals surface area contributed by atoms with Crippen molar-refractivity contribution < 1.29 is 24.2 Å². The first-order valence-corrected chi connectivity index (χ1v) is 10.0. The molecule has 10 heteroatoms. The Bertz CT molecular complexity index is 1080. The van der Waals surface area contributed by atoms with Crippen molar-refractivity contribution >= 4 is 10.2 Å². The van der Waals surface area contributed by atoms with Gasteiger partial charge < -0.3 is 9.30 Å². The molecule has 0 bridgehead atoms. The standard InChI is InChI=1S/C18H15F5N2O2S/c1-2-25-12-13(5-10-17(25)26)16-4-3-11-24-18(16)27-14-6-8-15(9-7-14)28(19,20,21,22)23/h3-12H,2H2,1H3. The predicted octanol–water partition coefficient (Wildman–Crippen LogP) is 6.38. The molecular weight excluding hydrogens is 403 g/mol. The van der Waals surface area contributed by atoms with Gasteiger partial charge in [-0.1, -0.05) is 19.4 Å². The van der Waals surface area contributed by atoms with Crippen molar-refractivity contribution in [3.05, 3.63) is 71.3 Å². The van der Waals surface area contributed by atoms with Crippen LogP contribution in [0.2, 0.25) is 0 Å². The summed E-state index contributed by atoms with van der Waals surface area (Å²) in [6.45, 7) is 2.24. The van der Waals surface area contributed by atoms with Crippen molar-refractivity contribution in [1.29, 1.82) is 0 Å². The number of halogens is 5. The third-order valence-corrected chi connectivity index (χ3v) is 5.05. The molecule has 0 N–H and O–H groups in total. The summed E-state index contributed by atoms with van der Waals surface area (Å²) in [5, 5.41) is 0. The number of aryl methyl sites for hydroxylation is 1. The molecule has 0 saturated carbocycles. The third-order valence-electron chi connectivity index (χ3n) is 3.89. The predicted molar refractivity (Wildman–Crippen MR) is 97.5 cm³/mol. The number of benzene rings is 1. The Hall–Kier alpha value is -2.88. The van der Waals surface area contributed by atoms with Gasteiger partial charge in [0.25, 0.3) is 5.56 Å². The van der Waals surface area contributed by atoms with Gasteiger partial charge in [0.2, 0.25) is 5.88 Å². The molecule has 150 valence electrons. The molecule has 0 spiro atoms. The minimum atomic E-state index is -9.74. The number of nitrogens with zero attached hydrogens (tertiary/aromatic N) is 2. The van der Waals surface area contributed by atoms with Gasteiger partial charge in [-0.25, -0.2) is 4.98 Å². The van der Waals surface area contributed by atoms with E-state index in [1.807, 2.05) is 0 Å². The van der Waals surface area contributed by atoms with Gasteiger partial charge in [-0.15, -0.1) is 0 Å². The van der Waals surface area contributed by atoms with E-state index in [1.165, 1.54) is 16.8 Å². The van der Waals surface area contributed by atoms with Gasteiger partial charge in [0.05, 0.1) is 0 Å². The summed E-state index contributed by atoms with van der Waals surface area (Å²) in [6.07, 6.45) is 3.02. The maximum Gasteiger partial charge on any atom is 0.310 e. The van der Waals surface area contributed by atoms with Crippen LogP contribution in [0.3, 0.4) is 0 Å². The Morgan fingerprint density at radius 1 is 1.00 bits per heavy atom. The first kappa shape index (κ1) is 19.9. The molecule has 0 atom stereocenters. The van der Waals surface area contributed by atoms with Gasteiger partial charge in [0, 0.05) is 36.1 Å². The summed E-state index contributed by atoms with van der Waals surface area (Å²) in [7, 11) is -9.74. The van der Waals surface area contributed by atoms with Crippen molar-refractivity contribution in [2.24, 2.45) is 0 Å². The monoisotopic (exact) mass is 418 g/mol. The normalized spacial score (nSPS) is 14.2. The molecular formula is C18H15F5N2O2S. The van der Waals surface area contributed by atoms with Gasteiger partial charge in [-0.2, -0.15) is 0 Å². The number of rotatable bonds is 5. The van der Waals surface area contributed by atoms with E-state index in [0.717, 1.165) is 12.1 Å². The Morgan fingerprint density at radius 2 is 1.68 bits per heavy atom. The summed E-state index contributed by atoms with van der Waals surface area (Å²) in [6, 6.07) is 8.38. The second-order valence-electron chi connectivity index (χ2n) is 5.94. The number of hydrogen-bond donors (Lipinski definition) is 0. The van der Waals surface area contributed by atoms with Crippen molar-refractivity contribution in [3.8, 4) is 22.8 Å². The highest BCUT2D eigenvalue weighted by atomic mass is 32.5. The molecule has 3 rings (SSSR count). The molecule has 2 heterocycles. The van der Waals surface area contributed by atoms with Crippen molar-refractivity contribution in [2.45, 2.75) is 18.4 Å². The van der Waals surface area contributed by atoms with Crippen LogP contribution in [0.25, 0.3) is 11.1 Å². The molecule has 0 aliphatic carbocycles. The first-order chi connectivity index (χ1) is 12.9. The smallest absolute Gasteiger partial charge is 0.310 e. The molecule has 28 heavy (non-hydrogen) atoms. The zero-order valence-corrected chi connectivity index (χ0v) is 15.3. The van der Waals surface area contributed by atoms with Crippen LogP contribution in [0.1, 0.15) is 6.92 Å². The van der Waals surface area contributed by atoms with Gasteiger partial charge >= 0.3 is 10.2 Å². The topological polar surface area (TPSA) is 44.1 Å². The highest BCUT2D eigenvalue weighted by Gasteiger charge is 2.65. The average molecular weight is 418 g/mol. The molecule has 0 fully saturated rings. The van der Waals surface area contributed by atoms with Gasteiger partial charge in [0.1, 0.15) is 10.6 Å². The lowest BCUT2D eigenvalue weighted by Gasteiger charge is -2.40. The second kappa shape index (κ2) is 6.06. The fraction of sp³-hybridized carbons (Fsp3) is 0.111. The van der Waals surface area contributed by atoms with Gasteiger partial charge in [-0.05, 0) is 49.4 Å². The van der Waals surface area contributed by atoms with E-state index in [0.29, 0.717) is 17.7 Å². The third kappa shape index (κ3) is 4.33. The largest absolute Gasteiger partial charge is 0.438 e. The zero-order chi connectivity index (χ0) is 20.6. The molecule has 3 aromatic rings. The zero-order valence-electron chi connectivity index (χ0n) is 14.5. The molecule has 0 aliphatic rings. The van der Waals surface area contributed by atoms with E-state index in [9.17, 15) is 24.2 Å². The quantitative estimate of drug-likeness (QED) is 0.452. The van der Waals surface area contributed by atoms with E-state index < -0.39 is 15.1 Å². The lowest BCUT2D eigenvalue weighted by Crippen LogP contribution is -2.17. The fourth-order valence-electron chi connectivity index (χ4n) is 2.51. The molecule has 0 amide bonds. The van der Waals surface area contributed by atoms with Crippen LogP contribution < -0.4 is 10.3 Å². The van der Waals surface area contributed by atoms with Crippen LogP contribution in [0.5, 0.6) is 11.6 Å². The number of ether oxygens (including phenoxy) is 1. The SMILES string of the molecule is CCn1cc(-c2cccnc2Oc2ccc(S(F)(F)(F)(F)F)cc2)ccc1=O. The molecule has 0 radical (unpaired) electrons. The highest BCUT2D eigenvalue weighted by molar-refractivity contribution is 8.45. The van der Waals surface area contributed by atoms with Crippen molar-refractivity contribution in [1.82, 2.24) is 9.55 Å². The Morgan fingerprint density at radius 3 is 2.29 bits per heavy atom. The average Bonchev–Trinajstić information content (AvgIpc) is 2.61. The first-order valence-electron chi connectivity index (χ1n) is 8.05. The van der Waals surface area contributed by atoms with E-state index >= 15 is 0 Å². The Labute approximate surface area is 157 Å². The van der Waals surface area contributed by atoms with Crippen LogP contribution in [0.4, 0.5) is 19.4 Å². The number of pyridine rings is 2. The van der Waals surface area contributed by atoms with Gasteiger partial charge in [0.15, 0.2) is 0 Å². The summed E-state index contributed by atoms with van der Waals surface area (Å²) in [4.78, 5) is 13.8. The summed E-state index contributed by atoms with van der Waals surface area (Å²) in [5.74, 6) is -0.0294. The minimum Gasteiger partial charge on any atom is -0.438 e. The van der Waals surface area contributed by atoms with Gasteiger partial charge in [-0.3, -0.25) is 4.79 Å². The fourth-order valence-corrected chi connectivity index (χ4v) is 3.16. The second-order valence-corrected chi connectivity index (χ2v) is 8.35. The maximum atomic E-state index is 12.8. The Balaban J connectivity index is 1.96. The maximum absolute atomic E-state index is 12.8. The minimum absolute atomic E-state index is 0.0592. The number of aromatic nitrogens is 2. The molecule has 0 aliphatic heterocycles. The molecule has 4 nitrogen and oxygen atoms in total. The van der Waals surface area contributed by atoms with Crippen LogP contribution in [-0.4, -0.2) is 9.55 Å². The van der Waals surface area contributed by atoms with Crippen LogP contribution in [0, 0.1) is 0 Å². The van der Waals surface area contributed by atoms with Crippen LogP contribution >= 0.6 is 10.2 Å². The van der Waals surface area contributed by atoms with E-state index in [2.05, 4.69) is 4.98 Å². The lowest BCUT2D eigenvalue weighted by molar-refractivity contribution is 0.363. The lowest BCUT2D eigenvalue weighted by atomic mass is 10.1. The molecule has 0 saturated heterocycles. The van der Waals surface area contributed by atoms with E-state index in [1.54, 1.807) is 31.3 Å². The summed E-state index contributed by atoms with van der Waals surface area (Å²) >= 11 is 0. The van der Waals surface area contributed by atoms with Crippen molar-refractivity contribution in [3.63, 3.8) is 0 Å². The summed E-state index contributed by atoms with van der Waals surface area (Å²) in [5.41, 5.74) is 0.902. The van der Waals surface area contributed by atoms with Crippen LogP contribution in [0.15, 0.2) is 70.6 Å². The van der Waals surface area contributed by atoms with E-state index in [-0.39, 0.29) is 29.3 Å². The summed E-state index contributed by atoms with van der Waals surface area (Å²) < 4.78 is 71.0. The van der Waals surface area contributed by atoms with Crippen LogP contribution in [-0.2, 0) is 6.54 Å². The van der Waals surface area contributed by atoms with E-state index in [4.69, 9.17) is 4.74 Å². The molecule has 1 aromatic carbocycles. The molecule has 0 unspecified atom stereocenters. The highest BCUT2D eigenvalue weighted by Crippen LogP contribution is 3.02. The van der Waals surface area contributed by atoms with Crippen molar-refractivity contribution in [2.75, 3.05) is 0 Å².